The highest BCUT2D eigenvalue weighted by Crippen LogP contribution is 2.31. The smallest absolute Gasteiger partial charge is 0.410 e. The summed E-state index contributed by atoms with van der Waals surface area (Å²) in [4.78, 5) is 42.2. The zero-order valence-corrected chi connectivity index (χ0v) is 21.0. The molecule has 1 aliphatic rings. The molecule has 0 bridgehead atoms. The zero-order chi connectivity index (χ0) is 25.4. The van der Waals surface area contributed by atoms with E-state index in [1.165, 1.54) is 28.6 Å². The van der Waals surface area contributed by atoms with Crippen molar-refractivity contribution < 1.29 is 23.8 Å². The normalized spacial score (nSPS) is 17.7. The molecule has 11 heteroatoms. The van der Waals surface area contributed by atoms with E-state index in [1.54, 1.807) is 4.90 Å². The van der Waals surface area contributed by atoms with Crippen LogP contribution in [0, 0.1) is 0 Å². The molecule has 0 saturated carbocycles. The molecular formula is C24H32N4O6S. The number of rotatable bonds is 9. The number of nitrogen functional groups attached to an aromatic ring is 1. The first-order valence-electron chi connectivity index (χ1n) is 11.4. The van der Waals surface area contributed by atoms with Gasteiger partial charge in [-0.15, -0.1) is 11.8 Å². The van der Waals surface area contributed by atoms with Crippen molar-refractivity contribution >= 4 is 29.6 Å². The number of carbonyl (C=O) groups excluding carboxylic acids is 2. The second-order valence-electron chi connectivity index (χ2n) is 9.07. The topological polar surface area (TPSA) is 126 Å². The third-order valence-corrected chi connectivity index (χ3v) is 6.05. The summed E-state index contributed by atoms with van der Waals surface area (Å²) in [6.45, 7) is 6.25. The summed E-state index contributed by atoms with van der Waals surface area (Å²) in [6, 6.07) is 11.1. The van der Waals surface area contributed by atoms with E-state index in [2.05, 4.69) is 4.98 Å². The van der Waals surface area contributed by atoms with Gasteiger partial charge >= 0.3 is 17.8 Å². The minimum absolute atomic E-state index is 0.0664. The lowest BCUT2D eigenvalue weighted by atomic mass is 10.2. The fourth-order valence-electron chi connectivity index (χ4n) is 3.33. The lowest BCUT2D eigenvalue weighted by Crippen LogP contribution is -2.37. The van der Waals surface area contributed by atoms with Gasteiger partial charge in [-0.3, -0.25) is 9.36 Å². The van der Waals surface area contributed by atoms with E-state index in [4.69, 9.17) is 19.9 Å². The molecule has 2 atom stereocenters. The molecule has 1 aromatic carbocycles. The number of carbonyl (C=O) groups is 2. The van der Waals surface area contributed by atoms with Gasteiger partial charge in [0.2, 0.25) is 0 Å². The molecule has 2 aromatic rings. The predicted octanol–water partition coefficient (Wildman–Crippen LogP) is 3.17. The maximum atomic E-state index is 12.7. The first-order chi connectivity index (χ1) is 16.6. The van der Waals surface area contributed by atoms with E-state index in [0.29, 0.717) is 25.3 Å². The second-order valence-corrected chi connectivity index (χ2v) is 10.3. The Morgan fingerprint density at radius 3 is 2.69 bits per heavy atom. The Morgan fingerprint density at radius 2 is 2.00 bits per heavy atom. The third kappa shape index (κ3) is 8.59. The van der Waals surface area contributed by atoms with Gasteiger partial charge in [-0.05, 0) is 38.8 Å². The minimum atomic E-state index is -0.616. The molecule has 2 unspecified atom stereocenters. The van der Waals surface area contributed by atoms with Crippen molar-refractivity contribution in [1.82, 2.24) is 14.5 Å². The molecule has 1 fully saturated rings. The highest BCUT2D eigenvalue weighted by atomic mass is 32.2. The van der Waals surface area contributed by atoms with Crippen molar-refractivity contribution in [2.75, 3.05) is 24.6 Å². The van der Waals surface area contributed by atoms with E-state index in [0.717, 1.165) is 5.56 Å². The van der Waals surface area contributed by atoms with Crippen molar-refractivity contribution in [3.63, 3.8) is 0 Å². The number of benzene rings is 1. The van der Waals surface area contributed by atoms with Crippen LogP contribution in [-0.4, -0.2) is 56.5 Å². The summed E-state index contributed by atoms with van der Waals surface area (Å²) in [5.41, 5.74) is 5.00. The summed E-state index contributed by atoms with van der Waals surface area (Å²) >= 11 is 1.45. The molecule has 1 amide bonds. The van der Waals surface area contributed by atoms with Crippen LogP contribution in [0.2, 0.25) is 0 Å². The first kappa shape index (κ1) is 26.6. The average molecular weight is 505 g/mol. The number of hydrogen-bond donors (Lipinski definition) is 1. The summed E-state index contributed by atoms with van der Waals surface area (Å²) in [6.07, 6.45) is 1.19. The highest BCUT2D eigenvalue weighted by molar-refractivity contribution is 8.00. The first-order valence-corrected chi connectivity index (χ1v) is 12.4. The molecule has 0 radical (unpaired) electrons. The largest absolute Gasteiger partial charge is 0.462 e. The Labute approximate surface area is 208 Å². The van der Waals surface area contributed by atoms with E-state index < -0.39 is 23.6 Å². The summed E-state index contributed by atoms with van der Waals surface area (Å²) in [5.74, 6) is 0.294. The molecule has 3 rings (SSSR count). The predicted molar refractivity (Wildman–Crippen MR) is 133 cm³/mol. The molecule has 35 heavy (non-hydrogen) atoms. The van der Waals surface area contributed by atoms with Crippen molar-refractivity contribution in [2.24, 2.45) is 0 Å². The molecule has 2 N–H and O–H groups in total. The van der Waals surface area contributed by atoms with Crippen molar-refractivity contribution in [1.29, 1.82) is 0 Å². The maximum absolute atomic E-state index is 12.7. The Bertz CT molecular complexity index is 1060. The van der Waals surface area contributed by atoms with E-state index in [9.17, 15) is 14.4 Å². The van der Waals surface area contributed by atoms with Crippen molar-refractivity contribution in [3.05, 3.63) is 58.6 Å². The van der Waals surface area contributed by atoms with Gasteiger partial charge in [0.1, 0.15) is 29.7 Å². The Balaban J connectivity index is 1.44. The van der Waals surface area contributed by atoms with Gasteiger partial charge in [-0.25, -0.2) is 9.59 Å². The van der Waals surface area contributed by atoms with Gasteiger partial charge in [-0.2, -0.15) is 4.98 Å². The van der Waals surface area contributed by atoms with Crippen LogP contribution in [0.15, 0.2) is 47.4 Å². The van der Waals surface area contributed by atoms with Crippen LogP contribution in [-0.2, 0) is 25.5 Å². The lowest BCUT2D eigenvalue weighted by molar-refractivity contribution is -0.147. The molecule has 2 heterocycles. The van der Waals surface area contributed by atoms with Crippen LogP contribution in [0.3, 0.4) is 0 Å². The standard InChI is InChI=1S/C24H32N4O6S/c1-24(2,3)34-23(31)27(14-17-8-5-4-6-9-17)12-7-10-20(29)32-15-21-33-19(16-35-21)28-13-11-18(25)26-22(28)30/h4-6,8-9,11,13,19,21H,7,10,12,14-16H2,1-3H3,(H2,25,26,30). The third-order valence-electron chi connectivity index (χ3n) is 4.95. The van der Waals surface area contributed by atoms with Crippen LogP contribution >= 0.6 is 11.8 Å². The number of nitrogens with two attached hydrogens (primary N) is 1. The number of ether oxygens (including phenoxy) is 3. The maximum Gasteiger partial charge on any atom is 0.410 e. The SMILES string of the molecule is CC(C)(C)OC(=O)N(CCCC(=O)OCC1OC(n2ccc(N)nc2=O)CS1)Cc1ccccc1. The molecule has 10 nitrogen and oxygen atoms in total. The van der Waals surface area contributed by atoms with Crippen LogP contribution in [0.4, 0.5) is 10.6 Å². The number of anilines is 1. The number of hydrogen-bond acceptors (Lipinski definition) is 9. The molecule has 190 valence electrons. The Hall–Kier alpha value is -3.05. The second kappa shape index (κ2) is 12.1. The summed E-state index contributed by atoms with van der Waals surface area (Å²) in [7, 11) is 0. The van der Waals surface area contributed by atoms with Gasteiger partial charge < -0.3 is 24.8 Å². The Kier molecular flexibility index (Phi) is 9.16. The molecular weight excluding hydrogens is 472 g/mol. The van der Waals surface area contributed by atoms with Gasteiger partial charge in [0.15, 0.2) is 0 Å². The van der Waals surface area contributed by atoms with Crippen LogP contribution in [0.5, 0.6) is 0 Å². The number of nitrogens with zero attached hydrogens (tertiary/aromatic N) is 3. The highest BCUT2D eigenvalue weighted by Gasteiger charge is 2.29. The number of thioether (sulfide) groups is 1. The molecule has 1 aromatic heterocycles. The quantitative estimate of drug-likeness (QED) is 0.512. The van der Waals surface area contributed by atoms with Gasteiger partial charge in [0.05, 0.1) is 0 Å². The van der Waals surface area contributed by atoms with Crippen LogP contribution in [0.1, 0.15) is 45.4 Å². The monoisotopic (exact) mass is 504 g/mol. The minimum Gasteiger partial charge on any atom is -0.462 e. The molecule has 0 spiro atoms. The number of aromatic nitrogens is 2. The fourth-order valence-corrected chi connectivity index (χ4v) is 4.32. The summed E-state index contributed by atoms with van der Waals surface area (Å²) in [5, 5.41) is 0. The van der Waals surface area contributed by atoms with E-state index in [1.807, 2.05) is 51.1 Å². The average Bonchev–Trinajstić information content (AvgIpc) is 3.25. The van der Waals surface area contributed by atoms with E-state index >= 15 is 0 Å². The van der Waals surface area contributed by atoms with Crippen molar-refractivity contribution in [2.45, 2.75) is 57.4 Å². The van der Waals surface area contributed by atoms with Crippen molar-refractivity contribution in [3.8, 4) is 0 Å². The Morgan fingerprint density at radius 1 is 1.26 bits per heavy atom. The number of esters is 1. The van der Waals surface area contributed by atoms with E-state index in [-0.39, 0.29) is 30.3 Å². The lowest BCUT2D eigenvalue weighted by Gasteiger charge is -2.27. The molecule has 1 aliphatic heterocycles. The molecule has 1 saturated heterocycles. The number of amides is 1. The van der Waals surface area contributed by atoms with Gasteiger partial charge in [0.25, 0.3) is 0 Å². The fraction of sp³-hybridized carbons (Fsp3) is 0.500. The van der Waals surface area contributed by atoms with Gasteiger partial charge in [-0.1, -0.05) is 30.3 Å². The molecule has 0 aliphatic carbocycles. The summed E-state index contributed by atoms with van der Waals surface area (Å²) < 4.78 is 18.0. The van der Waals surface area contributed by atoms with Crippen LogP contribution in [0.25, 0.3) is 0 Å². The van der Waals surface area contributed by atoms with Gasteiger partial charge in [0, 0.05) is 31.5 Å². The zero-order valence-electron chi connectivity index (χ0n) is 20.2. The van der Waals surface area contributed by atoms with Crippen LogP contribution < -0.4 is 11.4 Å².